The molecular formula is C21H25F3N4O2. The number of urea groups is 1. The summed E-state index contributed by atoms with van der Waals surface area (Å²) >= 11 is 0. The van der Waals surface area contributed by atoms with Crippen LogP contribution in [0.2, 0.25) is 0 Å². The summed E-state index contributed by atoms with van der Waals surface area (Å²) in [6, 6.07) is 10.5. The molecule has 1 fully saturated rings. The molecule has 0 unspecified atom stereocenters. The average Bonchev–Trinajstić information content (AvgIpc) is 3.26. The van der Waals surface area contributed by atoms with E-state index in [1.807, 2.05) is 12.1 Å². The largest absolute Gasteiger partial charge is 0.411 e. The molecule has 30 heavy (non-hydrogen) atoms. The molecule has 1 aromatic heterocycles. The average molecular weight is 422 g/mol. The van der Waals surface area contributed by atoms with Crippen molar-refractivity contribution in [3.05, 3.63) is 59.3 Å². The van der Waals surface area contributed by atoms with E-state index in [0.29, 0.717) is 18.7 Å². The van der Waals surface area contributed by atoms with Crippen LogP contribution < -0.4 is 15.5 Å². The second kappa shape index (κ2) is 10.3. The quantitative estimate of drug-likeness (QED) is 0.680. The molecule has 0 atom stereocenters. The van der Waals surface area contributed by atoms with Gasteiger partial charge in [-0.25, -0.2) is 9.78 Å². The first-order chi connectivity index (χ1) is 14.4. The molecule has 0 radical (unpaired) electrons. The van der Waals surface area contributed by atoms with Crippen molar-refractivity contribution < 1.29 is 22.7 Å². The Kier molecular flexibility index (Phi) is 7.51. The van der Waals surface area contributed by atoms with Gasteiger partial charge in [-0.3, -0.25) is 0 Å². The van der Waals surface area contributed by atoms with Crippen molar-refractivity contribution in [2.24, 2.45) is 0 Å². The summed E-state index contributed by atoms with van der Waals surface area (Å²) in [6.45, 7) is 1.37. The van der Waals surface area contributed by atoms with Crippen molar-refractivity contribution in [3.63, 3.8) is 0 Å². The number of anilines is 1. The van der Waals surface area contributed by atoms with Gasteiger partial charge >= 0.3 is 12.2 Å². The highest BCUT2D eigenvalue weighted by molar-refractivity contribution is 5.73. The van der Waals surface area contributed by atoms with Gasteiger partial charge < -0.3 is 20.3 Å². The SMILES string of the molecule is O=C(NCc1ccc(COCC(F)(F)F)cc1)NCc1ccc(N2CCCC2)nc1. The molecule has 1 aromatic carbocycles. The van der Waals surface area contributed by atoms with E-state index in [1.54, 1.807) is 30.5 Å². The van der Waals surface area contributed by atoms with Crippen LogP contribution in [-0.4, -0.2) is 36.9 Å². The summed E-state index contributed by atoms with van der Waals surface area (Å²) in [4.78, 5) is 18.7. The number of carbonyl (C=O) groups is 1. The molecule has 0 saturated carbocycles. The van der Waals surface area contributed by atoms with E-state index in [2.05, 4.69) is 25.3 Å². The van der Waals surface area contributed by atoms with E-state index in [0.717, 1.165) is 30.0 Å². The number of rotatable bonds is 8. The minimum Gasteiger partial charge on any atom is -0.367 e. The number of aromatic nitrogens is 1. The van der Waals surface area contributed by atoms with Crippen LogP contribution in [0.25, 0.3) is 0 Å². The summed E-state index contributed by atoms with van der Waals surface area (Å²) in [5, 5.41) is 5.53. The Morgan fingerprint density at radius 2 is 1.57 bits per heavy atom. The zero-order chi connectivity index (χ0) is 21.4. The molecule has 9 heteroatoms. The van der Waals surface area contributed by atoms with Crippen molar-refractivity contribution in [1.29, 1.82) is 0 Å². The van der Waals surface area contributed by atoms with Crippen LogP contribution in [-0.2, 0) is 24.4 Å². The van der Waals surface area contributed by atoms with E-state index in [4.69, 9.17) is 0 Å². The molecule has 0 bridgehead atoms. The molecule has 2 aromatic rings. The normalized spacial score (nSPS) is 14.0. The monoisotopic (exact) mass is 422 g/mol. The Labute approximate surface area is 173 Å². The number of halogens is 3. The van der Waals surface area contributed by atoms with Gasteiger partial charge in [-0.2, -0.15) is 13.2 Å². The van der Waals surface area contributed by atoms with Gasteiger partial charge in [-0.1, -0.05) is 30.3 Å². The fraction of sp³-hybridized carbons (Fsp3) is 0.429. The number of pyridine rings is 1. The van der Waals surface area contributed by atoms with Gasteiger partial charge in [-0.05, 0) is 35.6 Å². The molecule has 162 valence electrons. The Bertz CT molecular complexity index is 804. The summed E-state index contributed by atoms with van der Waals surface area (Å²) in [7, 11) is 0. The van der Waals surface area contributed by atoms with Crippen LogP contribution in [0.5, 0.6) is 0 Å². The highest BCUT2D eigenvalue weighted by Gasteiger charge is 2.27. The summed E-state index contributed by atoms with van der Waals surface area (Å²) in [5.74, 6) is 0.966. The van der Waals surface area contributed by atoms with Crippen LogP contribution in [0.15, 0.2) is 42.6 Å². The number of nitrogens with one attached hydrogen (secondary N) is 2. The van der Waals surface area contributed by atoms with Crippen LogP contribution in [0.3, 0.4) is 0 Å². The van der Waals surface area contributed by atoms with Crippen LogP contribution in [0, 0.1) is 0 Å². The minimum absolute atomic E-state index is 0.113. The Morgan fingerprint density at radius 1 is 0.967 bits per heavy atom. The number of benzene rings is 1. The number of ether oxygens (including phenoxy) is 1. The fourth-order valence-electron chi connectivity index (χ4n) is 3.12. The second-order valence-corrected chi connectivity index (χ2v) is 7.18. The Balaban J connectivity index is 1.36. The summed E-state index contributed by atoms with van der Waals surface area (Å²) in [6.07, 6.45) is -0.170. The first kappa shape index (κ1) is 21.9. The fourth-order valence-corrected chi connectivity index (χ4v) is 3.12. The van der Waals surface area contributed by atoms with E-state index >= 15 is 0 Å². The lowest BCUT2D eigenvalue weighted by molar-refractivity contribution is -0.176. The molecule has 6 nitrogen and oxygen atoms in total. The zero-order valence-corrected chi connectivity index (χ0v) is 16.5. The van der Waals surface area contributed by atoms with Crippen molar-refractivity contribution in [2.75, 3.05) is 24.6 Å². The maximum atomic E-state index is 12.1. The first-order valence-electron chi connectivity index (χ1n) is 9.83. The smallest absolute Gasteiger partial charge is 0.367 e. The lowest BCUT2D eigenvalue weighted by Gasteiger charge is -2.16. The van der Waals surface area contributed by atoms with E-state index in [-0.39, 0.29) is 12.6 Å². The molecule has 2 amide bonds. The van der Waals surface area contributed by atoms with Crippen molar-refractivity contribution >= 4 is 11.8 Å². The Morgan fingerprint density at radius 3 is 2.17 bits per heavy atom. The van der Waals surface area contributed by atoms with Crippen molar-refractivity contribution in [2.45, 2.75) is 38.7 Å². The van der Waals surface area contributed by atoms with Gasteiger partial charge in [-0.15, -0.1) is 0 Å². The van der Waals surface area contributed by atoms with E-state index in [1.165, 1.54) is 12.8 Å². The van der Waals surface area contributed by atoms with Gasteiger partial charge in [0.1, 0.15) is 12.4 Å². The molecule has 2 heterocycles. The first-order valence-corrected chi connectivity index (χ1v) is 9.83. The third-order valence-electron chi connectivity index (χ3n) is 4.70. The lowest BCUT2D eigenvalue weighted by Crippen LogP contribution is -2.34. The standard InChI is InChI=1S/C21H25F3N4O2/c22-21(23,24)15-30-14-17-5-3-16(4-6-17)11-26-20(29)27-13-18-7-8-19(25-12-18)28-9-1-2-10-28/h3-8,12H,1-2,9-11,13-15H2,(H2,26,27,29). The zero-order valence-electron chi connectivity index (χ0n) is 16.5. The molecule has 1 saturated heterocycles. The van der Waals surface area contributed by atoms with Gasteiger partial charge in [0.05, 0.1) is 6.61 Å². The molecule has 1 aliphatic heterocycles. The number of alkyl halides is 3. The lowest BCUT2D eigenvalue weighted by atomic mass is 10.1. The number of carbonyl (C=O) groups excluding carboxylic acids is 1. The van der Waals surface area contributed by atoms with Gasteiger partial charge in [0.15, 0.2) is 0 Å². The van der Waals surface area contributed by atoms with Gasteiger partial charge in [0.25, 0.3) is 0 Å². The predicted octanol–water partition coefficient (Wildman–Crippen LogP) is 3.76. The minimum atomic E-state index is -4.33. The number of nitrogens with zero attached hydrogens (tertiary/aromatic N) is 2. The van der Waals surface area contributed by atoms with Crippen LogP contribution in [0.1, 0.15) is 29.5 Å². The maximum absolute atomic E-state index is 12.1. The van der Waals surface area contributed by atoms with Crippen LogP contribution >= 0.6 is 0 Å². The van der Waals surface area contributed by atoms with Crippen LogP contribution in [0.4, 0.5) is 23.8 Å². The Hall–Kier alpha value is -2.81. The number of hydrogen-bond donors (Lipinski definition) is 2. The molecule has 2 N–H and O–H groups in total. The van der Waals surface area contributed by atoms with Gasteiger partial charge in [0, 0.05) is 32.4 Å². The maximum Gasteiger partial charge on any atom is 0.411 e. The molecule has 0 spiro atoms. The molecule has 1 aliphatic rings. The highest BCUT2D eigenvalue weighted by Crippen LogP contribution is 2.18. The molecular weight excluding hydrogens is 397 g/mol. The second-order valence-electron chi connectivity index (χ2n) is 7.18. The van der Waals surface area contributed by atoms with Crippen molar-refractivity contribution in [3.8, 4) is 0 Å². The molecule has 0 aliphatic carbocycles. The van der Waals surface area contributed by atoms with Crippen molar-refractivity contribution in [1.82, 2.24) is 15.6 Å². The van der Waals surface area contributed by atoms with E-state index < -0.39 is 12.8 Å². The third-order valence-corrected chi connectivity index (χ3v) is 4.70. The topological polar surface area (TPSA) is 66.5 Å². The summed E-state index contributed by atoms with van der Waals surface area (Å²) < 4.78 is 40.8. The number of hydrogen-bond acceptors (Lipinski definition) is 4. The summed E-state index contributed by atoms with van der Waals surface area (Å²) in [5.41, 5.74) is 2.38. The third kappa shape index (κ3) is 7.22. The highest BCUT2D eigenvalue weighted by atomic mass is 19.4. The molecule has 3 rings (SSSR count). The number of amides is 2. The van der Waals surface area contributed by atoms with Gasteiger partial charge in [0.2, 0.25) is 0 Å². The predicted molar refractivity (Wildman–Crippen MR) is 107 cm³/mol. The van der Waals surface area contributed by atoms with E-state index in [9.17, 15) is 18.0 Å².